The molecule has 6 atom stereocenters. The highest BCUT2D eigenvalue weighted by Gasteiger charge is 2.70. The summed E-state index contributed by atoms with van der Waals surface area (Å²) in [5.41, 5.74) is -1.43. The van der Waals surface area contributed by atoms with Gasteiger partial charge in [0, 0.05) is 19.0 Å². The Morgan fingerprint density at radius 2 is 1.78 bits per heavy atom. The van der Waals surface area contributed by atoms with Crippen LogP contribution in [-0.4, -0.2) is 83.4 Å². The molecule has 10 nitrogen and oxygen atoms in total. The first-order chi connectivity index (χ1) is 16.9. The number of piperidine rings is 1. The summed E-state index contributed by atoms with van der Waals surface area (Å²) in [4.78, 5) is 64.4. The number of ketones is 1. The topological polar surface area (TPSA) is 145 Å². The van der Waals surface area contributed by atoms with Crippen molar-refractivity contribution >= 4 is 29.4 Å². The van der Waals surface area contributed by atoms with E-state index in [1.807, 2.05) is 13.8 Å². The van der Waals surface area contributed by atoms with Crippen molar-refractivity contribution in [3.63, 3.8) is 0 Å². The zero-order chi connectivity index (χ0) is 28.1. The van der Waals surface area contributed by atoms with E-state index in [1.165, 1.54) is 25.7 Å². The lowest BCUT2D eigenvalue weighted by Crippen LogP contribution is -2.61. The molecule has 4 N–H and O–H groups in total. The van der Waals surface area contributed by atoms with Crippen LogP contribution in [0.2, 0.25) is 0 Å². The van der Waals surface area contributed by atoms with Gasteiger partial charge < -0.3 is 26.0 Å². The van der Waals surface area contributed by atoms with Gasteiger partial charge in [-0.1, -0.05) is 34.6 Å². The fourth-order valence-electron chi connectivity index (χ4n) is 5.63. The molecule has 0 radical (unpaired) electrons. The average molecular weight is 533 g/mol. The number of hydrogen-bond donors (Lipinski definition) is 4. The molecule has 0 aromatic rings. The number of nitrogens with one attached hydrogen (secondary N) is 3. The SMILES string of the molecule is CC(C)(C)[C@H](NC(=O)C(F)(F)F)C(=O)N1C[C@H]2[C@@H]([C@H]1C(=O)N[C@@H](C[C@@H]1CCNC1=O)C(=O)CO)C2(C)C. The standard InChI is InChI=1S/C24H35F3N4O6/c1-22(2,3)17(30-21(37)24(25,26)27)20(36)31-9-12-15(23(12,4)5)16(31)19(35)29-13(14(33)10-32)8-11-6-7-28-18(11)34/h11-13,15-17,32H,6-10H2,1-5H3,(H,28,34)(H,29,35)(H,30,37)/t11-,12-,13-,15-,16-,17+/m0/s1. The minimum Gasteiger partial charge on any atom is -0.389 e. The molecule has 3 fully saturated rings. The average Bonchev–Trinajstić information content (AvgIpc) is 3.14. The van der Waals surface area contributed by atoms with E-state index in [1.54, 1.807) is 5.32 Å². The van der Waals surface area contributed by atoms with E-state index in [-0.39, 0.29) is 36.1 Å². The quantitative estimate of drug-likeness (QED) is 0.350. The monoisotopic (exact) mass is 532 g/mol. The van der Waals surface area contributed by atoms with E-state index in [9.17, 15) is 42.3 Å². The van der Waals surface area contributed by atoms with E-state index in [2.05, 4.69) is 10.6 Å². The van der Waals surface area contributed by atoms with Gasteiger partial charge in [0.2, 0.25) is 17.7 Å². The molecule has 1 aliphatic carbocycles. The first-order valence-electron chi connectivity index (χ1n) is 12.3. The summed E-state index contributed by atoms with van der Waals surface area (Å²) in [5, 5.41) is 16.4. The van der Waals surface area contributed by atoms with Gasteiger partial charge in [0.15, 0.2) is 5.78 Å². The minimum absolute atomic E-state index is 0.0264. The zero-order valence-electron chi connectivity index (χ0n) is 21.6. The van der Waals surface area contributed by atoms with E-state index in [4.69, 9.17) is 0 Å². The van der Waals surface area contributed by atoms with Gasteiger partial charge in [-0.3, -0.25) is 24.0 Å². The highest BCUT2D eigenvalue weighted by Crippen LogP contribution is 2.65. The first-order valence-corrected chi connectivity index (χ1v) is 12.3. The van der Waals surface area contributed by atoms with Gasteiger partial charge in [-0.05, 0) is 35.5 Å². The molecule has 1 saturated carbocycles. The van der Waals surface area contributed by atoms with E-state index < -0.39 is 65.7 Å². The van der Waals surface area contributed by atoms with Crippen LogP contribution in [0.4, 0.5) is 13.2 Å². The number of alkyl halides is 3. The number of rotatable bonds is 8. The normalized spacial score (nSPS) is 28.1. The van der Waals surface area contributed by atoms with Crippen LogP contribution in [0.15, 0.2) is 0 Å². The number of aliphatic hydroxyl groups excluding tert-OH is 1. The molecular weight excluding hydrogens is 497 g/mol. The lowest BCUT2D eigenvalue weighted by molar-refractivity contribution is -0.176. The van der Waals surface area contributed by atoms with Crippen LogP contribution in [0.3, 0.4) is 0 Å². The van der Waals surface area contributed by atoms with Crippen molar-refractivity contribution < 1.29 is 42.3 Å². The Kier molecular flexibility index (Phi) is 7.71. The van der Waals surface area contributed by atoms with Crippen molar-refractivity contribution in [3.8, 4) is 0 Å². The molecular formula is C24H35F3N4O6. The molecule has 0 spiro atoms. The van der Waals surface area contributed by atoms with Crippen molar-refractivity contribution in [2.45, 2.75) is 71.8 Å². The molecule has 0 bridgehead atoms. The molecule has 2 heterocycles. The van der Waals surface area contributed by atoms with Gasteiger partial charge in [-0.2, -0.15) is 13.2 Å². The molecule has 208 valence electrons. The van der Waals surface area contributed by atoms with Crippen LogP contribution in [0.25, 0.3) is 0 Å². The van der Waals surface area contributed by atoms with Gasteiger partial charge in [0.25, 0.3) is 0 Å². The Morgan fingerprint density at radius 3 is 2.27 bits per heavy atom. The van der Waals surface area contributed by atoms with Gasteiger partial charge in [0.1, 0.15) is 18.7 Å². The number of likely N-dealkylation sites (tertiary alicyclic amines) is 1. The lowest BCUT2D eigenvalue weighted by atomic mass is 9.85. The lowest BCUT2D eigenvalue weighted by Gasteiger charge is -2.38. The number of carbonyl (C=O) groups is 5. The Labute approximate surface area is 213 Å². The minimum atomic E-state index is -5.19. The van der Waals surface area contributed by atoms with Gasteiger partial charge in [-0.15, -0.1) is 0 Å². The maximum absolute atomic E-state index is 13.5. The number of aliphatic hydroxyl groups is 1. The smallest absolute Gasteiger partial charge is 0.389 e. The molecule has 3 rings (SSSR count). The molecule has 2 aliphatic heterocycles. The fraction of sp³-hybridized carbons (Fsp3) is 0.792. The highest BCUT2D eigenvalue weighted by atomic mass is 19.4. The molecule has 0 unspecified atom stereocenters. The van der Waals surface area contributed by atoms with E-state index in [0.717, 1.165) is 0 Å². The van der Waals surface area contributed by atoms with Crippen LogP contribution in [0.5, 0.6) is 0 Å². The molecule has 37 heavy (non-hydrogen) atoms. The van der Waals surface area contributed by atoms with Crippen molar-refractivity contribution in [1.29, 1.82) is 0 Å². The Balaban J connectivity index is 1.85. The van der Waals surface area contributed by atoms with Crippen LogP contribution in [0.1, 0.15) is 47.5 Å². The highest BCUT2D eigenvalue weighted by molar-refractivity contribution is 5.97. The summed E-state index contributed by atoms with van der Waals surface area (Å²) in [6, 6.07) is -3.83. The zero-order valence-corrected chi connectivity index (χ0v) is 21.6. The summed E-state index contributed by atoms with van der Waals surface area (Å²) < 4.78 is 38.9. The van der Waals surface area contributed by atoms with Gasteiger partial charge in [-0.25, -0.2) is 0 Å². The summed E-state index contributed by atoms with van der Waals surface area (Å²) in [7, 11) is 0. The predicted octanol–water partition coefficient (Wildman–Crippen LogP) is 0.135. The van der Waals surface area contributed by atoms with Crippen LogP contribution >= 0.6 is 0 Å². The molecule has 2 saturated heterocycles. The number of hydrogen-bond acceptors (Lipinski definition) is 6. The Morgan fingerprint density at radius 1 is 1.16 bits per heavy atom. The van der Waals surface area contributed by atoms with Crippen molar-refractivity contribution in [2.75, 3.05) is 19.7 Å². The first kappa shape index (κ1) is 28.9. The van der Waals surface area contributed by atoms with Crippen LogP contribution < -0.4 is 16.0 Å². The summed E-state index contributed by atoms with van der Waals surface area (Å²) in [5.74, 6) is -5.67. The number of halogens is 3. The number of amides is 4. The Hall–Kier alpha value is -2.70. The summed E-state index contributed by atoms with van der Waals surface area (Å²) >= 11 is 0. The number of nitrogens with zero attached hydrogens (tertiary/aromatic N) is 1. The van der Waals surface area contributed by atoms with E-state index >= 15 is 0 Å². The fourth-order valence-corrected chi connectivity index (χ4v) is 5.63. The van der Waals surface area contributed by atoms with Crippen molar-refractivity contribution in [2.24, 2.45) is 28.6 Å². The van der Waals surface area contributed by atoms with Gasteiger partial charge in [0.05, 0.1) is 6.04 Å². The maximum atomic E-state index is 13.5. The second kappa shape index (κ2) is 9.88. The molecule has 3 aliphatic rings. The largest absolute Gasteiger partial charge is 0.471 e. The third kappa shape index (κ3) is 5.75. The number of fused-ring (bicyclic) bond motifs is 1. The molecule has 13 heteroatoms. The Bertz CT molecular complexity index is 977. The van der Waals surface area contributed by atoms with Gasteiger partial charge >= 0.3 is 12.1 Å². The second-order valence-electron chi connectivity index (χ2n) is 11.9. The molecule has 0 aromatic heterocycles. The van der Waals surface area contributed by atoms with Crippen molar-refractivity contribution in [1.82, 2.24) is 20.9 Å². The molecule has 0 aromatic carbocycles. The maximum Gasteiger partial charge on any atom is 0.471 e. The molecule has 4 amide bonds. The summed E-state index contributed by atoms with van der Waals surface area (Å²) in [6.07, 6.45) is -4.76. The van der Waals surface area contributed by atoms with Crippen LogP contribution in [0, 0.1) is 28.6 Å². The number of carbonyl (C=O) groups excluding carboxylic acids is 5. The van der Waals surface area contributed by atoms with E-state index in [0.29, 0.717) is 13.0 Å². The van der Waals surface area contributed by atoms with Crippen LogP contribution in [-0.2, 0) is 24.0 Å². The number of Topliss-reactive ketones (excluding diaryl/α,β-unsaturated/α-hetero) is 1. The summed E-state index contributed by atoms with van der Waals surface area (Å²) in [6.45, 7) is 8.01. The second-order valence-corrected chi connectivity index (χ2v) is 11.9. The predicted molar refractivity (Wildman–Crippen MR) is 123 cm³/mol. The third-order valence-corrected chi connectivity index (χ3v) is 7.95. The van der Waals surface area contributed by atoms with Crippen molar-refractivity contribution in [3.05, 3.63) is 0 Å². The third-order valence-electron chi connectivity index (χ3n) is 7.95.